The molecule has 0 aromatic heterocycles. The zero-order chi connectivity index (χ0) is 20.3. The Hall–Kier alpha value is -2.61. The first kappa shape index (κ1) is 23.4. The molecule has 2 atom stereocenters. The van der Waals surface area contributed by atoms with Gasteiger partial charge >= 0.3 is 17.9 Å². The Morgan fingerprint density at radius 3 is 2.31 bits per heavy atom. The molecule has 1 unspecified atom stereocenters. The lowest BCUT2D eigenvalue weighted by Crippen LogP contribution is -2.29. The fraction of sp³-hybridized carbons (Fsp3) is 0.500. The van der Waals surface area contributed by atoms with Crippen LogP contribution in [0.2, 0.25) is 0 Å². The summed E-state index contributed by atoms with van der Waals surface area (Å²) in [5, 5.41) is 11.7. The third kappa shape index (κ3) is 9.03. The average Bonchev–Trinajstić information content (AvgIpc) is 2.57. The first-order valence-corrected chi connectivity index (χ1v) is 8.25. The molecule has 0 aliphatic rings. The molecule has 8 heteroatoms. The number of ether oxygens (including phenoxy) is 2. The molecule has 0 fully saturated rings. The Kier molecular flexibility index (Phi) is 10.7. The summed E-state index contributed by atoms with van der Waals surface area (Å²) in [6.07, 6.45) is -0.874. The SMILES string of the molecule is CCOC(=O)C(C)OC(=O)CN.Cc1ccc(N[C@@H](C)C(=O)O)c(C)c1. The van der Waals surface area contributed by atoms with Crippen molar-refractivity contribution < 1.29 is 29.0 Å². The van der Waals surface area contributed by atoms with Crippen LogP contribution in [0.15, 0.2) is 18.2 Å². The number of esters is 2. The summed E-state index contributed by atoms with van der Waals surface area (Å²) in [7, 11) is 0. The first-order valence-electron chi connectivity index (χ1n) is 8.25. The van der Waals surface area contributed by atoms with Gasteiger partial charge in [-0.15, -0.1) is 0 Å². The number of carboxylic acid groups (broad SMARTS) is 1. The highest BCUT2D eigenvalue weighted by Crippen LogP contribution is 2.16. The Balaban J connectivity index is 0.000000488. The van der Waals surface area contributed by atoms with Crippen LogP contribution in [0.4, 0.5) is 5.69 Å². The van der Waals surface area contributed by atoms with Gasteiger partial charge < -0.3 is 25.6 Å². The summed E-state index contributed by atoms with van der Waals surface area (Å²) < 4.78 is 9.17. The van der Waals surface area contributed by atoms with E-state index in [1.807, 2.05) is 32.0 Å². The Morgan fingerprint density at radius 2 is 1.85 bits per heavy atom. The third-order valence-electron chi connectivity index (χ3n) is 3.22. The van der Waals surface area contributed by atoms with Crippen LogP contribution in [0.1, 0.15) is 31.9 Å². The van der Waals surface area contributed by atoms with Crippen molar-refractivity contribution in [3.05, 3.63) is 29.3 Å². The zero-order valence-electron chi connectivity index (χ0n) is 15.9. The van der Waals surface area contributed by atoms with E-state index >= 15 is 0 Å². The molecule has 0 bridgehead atoms. The first-order chi connectivity index (χ1) is 12.1. The molecule has 0 amide bonds. The van der Waals surface area contributed by atoms with E-state index in [4.69, 9.17) is 10.8 Å². The number of hydrogen-bond donors (Lipinski definition) is 3. The Morgan fingerprint density at radius 1 is 1.23 bits per heavy atom. The lowest BCUT2D eigenvalue weighted by atomic mass is 10.1. The second-order valence-electron chi connectivity index (χ2n) is 5.61. The minimum atomic E-state index is -0.874. The third-order valence-corrected chi connectivity index (χ3v) is 3.22. The van der Waals surface area contributed by atoms with Crippen LogP contribution in [0, 0.1) is 13.8 Å². The summed E-state index contributed by atoms with van der Waals surface area (Å²) in [5.74, 6) is -2.01. The number of aliphatic carboxylic acids is 1. The van der Waals surface area contributed by atoms with Crippen molar-refractivity contribution in [2.45, 2.75) is 46.8 Å². The highest BCUT2D eigenvalue weighted by molar-refractivity contribution is 5.79. The van der Waals surface area contributed by atoms with Gasteiger partial charge in [-0.2, -0.15) is 0 Å². The highest BCUT2D eigenvalue weighted by atomic mass is 16.6. The van der Waals surface area contributed by atoms with E-state index in [1.165, 1.54) is 12.5 Å². The molecule has 4 N–H and O–H groups in total. The standard InChI is InChI=1S/C11H15NO2.C7H13NO4/c1-7-4-5-10(8(2)6-7)12-9(3)11(13)14;1-3-11-7(10)5(2)12-6(9)4-8/h4-6,9,12H,1-3H3,(H,13,14);5H,3-4,8H2,1-2H3/t9-;/m0./s1. The largest absolute Gasteiger partial charge is 0.480 e. The van der Waals surface area contributed by atoms with Crippen molar-refractivity contribution in [3.63, 3.8) is 0 Å². The Labute approximate surface area is 153 Å². The van der Waals surface area contributed by atoms with Crippen LogP contribution in [0.3, 0.4) is 0 Å². The van der Waals surface area contributed by atoms with E-state index in [9.17, 15) is 14.4 Å². The van der Waals surface area contributed by atoms with E-state index in [-0.39, 0.29) is 13.2 Å². The normalized spacial score (nSPS) is 12.1. The molecular formula is C18H28N2O6. The predicted molar refractivity (Wildman–Crippen MR) is 97.9 cm³/mol. The van der Waals surface area contributed by atoms with E-state index < -0.39 is 30.1 Å². The minimum absolute atomic E-state index is 0.232. The van der Waals surface area contributed by atoms with Crippen LogP contribution in [-0.4, -0.2) is 48.3 Å². The summed E-state index contributed by atoms with van der Waals surface area (Å²) >= 11 is 0. The van der Waals surface area contributed by atoms with Gasteiger partial charge in [0.05, 0.1) is 13.2 Å². The maximum atomic E-state index is 10.9. The van der Waals surface area contributed by atoms with Crippen molar-refractivity contribution in [1.82, 2.24) is 0 Å². The maximum absolute atomic E-state index is 10.9. The molecule has 1 aromatic carbocycles. The molecule has 0 saturated heterocycles. The molecule has 1 rings (SSSR count). The molecule has 8 nitrogen and oxygen atoms in total. The number of aryl methyl sites for hydroxylation is 2. The lowest BCUT2D eigenvalue weighted by molar-refractivity contribution is -0.165. The molecule has 0 heterocycles. The number of carboxylic acids is 1. The summed E-state index contributed by atoms with van der Waals surface area (Å²) in [4.78, 5) is 32.0. The number of carbonyl (C=O) groups is 3. The molecule has 0 radical (unpaired) electrons. The predicted octanol–water partition coefficient (Wildman–Crippen LogP) is 1.63. The number of carbonyl (C=O) groups excluding carboxylic acids is 2. The summed E-state index contributed by atoms with van der Waals surface area (Å²) in [6, 6.07) is 5.33. The van der Waals surface area contributed by atoms with Gasteiger partial charge in [-0.05, 0) is 46.2 Å². The number of nitrogens with one attached hydrogen (secondary N) is 1. The molecule has 26 heavy (non-hydrogen) atoms. The van der Waals surface area contributed by atoms with Gasteiger partial charge in [0.1, 0.15) is 6.04 Å². The van der Waals surface area contributed by atoms with Gasteiger partial charge in [-0.3, -0.25) is 9.59 Å². The summed E-state index contributed by atoms with van der Waals surface area (Å²) in [6.45, 7) is 8.75. The fourth-order valence-electron chi connectivity index (χ4n) is 1.82. The minimum Gasteiger partial charge on any atom is -0.480 e. The second-order valence-corrected chi connectivity index (χ2v) is 5.61. The maximum Gasteiger partial charge on any atom is 0.347 e. The highest BCUT2D eigenvalue weighted by Gasteiger charge is 2.17. The van der Waals surface area contributed by atoms with Crippen LogP contribution < -0.4 is 11.1 Å². The topological polar surface area (TPSA) is 128 Å². The van der Waals surface area contributed by atoms with Crippen LogP contribution >= 0.6 is 0 Å². The van der Waals surface area contributed by atoms with Crippen LogP contribution in [-0.2, 0) is 23.9 Å². The summed E-state index contributed by atoms with van der Waals surface area (Å²) in [5.41, 5.74) is 8.09. The molecule has 0 spiro atoms. The Bertz CT molecular complexity index is 618. The van der Waals surface area contributed by atoms with Crippen LogP contribution in [0.25, 0.3) is 0 Å². The van der Waals surface area contributed by atoms with Gasteiger partial charge in [0.2, 0.25) is 0 Å². The number of benzene rings is 1. The average molecular weight is 368 g/mol. The number of hydrogen-bond acceptors (Lipinski definition) is 7. The molecule has 1 aromatic rings. The van der Waals surface area contributed by atoms with Gasteiger partial charge in [0.25, 0.3) is 0 Å². The van der Waals surface area contributed by atoms with E-state index in [1.54, 1.807) is 13.8 Å². The van der Waals surface area contributed by atoms with E-state index in [0.29, 0.717) is 0 Å². The number of nitrogens with two attached hydrogens (primary N) is 1. The van der Waals surface area contributed by atoms with Crippen molar-refractivity contribution in [2.75, 3.05) is 18.5 Å². The quantitative estimate of drug-likeness (QED) is 0.620. The van der Waals surface area contributed by atoms with Crippen molar-refractivity contribution in [3.8, 4) is 0 Å². The second kappa shape index (κ2) is 11.9. The van der Waals surface area contributed by atoms with Gasteiger partial charge in [-0.25, -0.2) is 4.79 Å². The van der Waals surface area contributed by atoms with Crippen molar-refractivity contribution in [2.24, 2.45) is 5.73 Å². The smallest absolute Gasteiger partial charge is 0.347 e. The zero-order valence-corrected chi connectivity index (χ0v) is 15.9. The molecule has 0 saturated carbocycles. The van der Waals surface area contributed by atoms with E-state index in [2.05, 4.69) is 14.8 Å². The van der Waals surface area contributed by atoms with E-state index in [0.717, 1.165) is 11.3 Å². The lowest BCUT2D eigenvalue weighted by Gasteiger charge is -2.13. The number of rotatable bonds is 7. The molecular weight excluding hydrogens is 340 g/mol. The van der Waals surface area contributed by atoms with Gasteiger partial charge in [0.15, 0.2) is 6.10 Å². The van der Waals surface area contributed by atoms with Crippen molar-refractivity contribution >= 4 is 23.6 Å². The monoisotopic (exact) mass is 368 g/mol. The van der Waals surface area contributed by atoms with Crippen LogP contribution in [0.5, 0.6) is 0 Å². The molecule has 146 valence electrons. The fourth-order valence-corrected chi connectivity index (χ4v) is 1.82. The van der Waals surface area contributed by atoms with Gasteiger partial charge in [-0.1, -0.05) is 17.7 Å². The van der Waals surface area contributed by atoms with Crippen molar-refractivity contribution in [1.29, 1.82) is 0 Å². The molecule has 0 aliphatic carbocycles. The number of anilines is 1. The molecule has 0 aliphatic heterocycles. The van der Waals surface area contributed by atoms with Gasteiger partial charge in [0, 0.05) is 5.69 Å².